The lowest BCUT2D eigenvalue weighted by Gasteiger charge is -2.16. The molecule has 0 saturated heterocycles. The molecule has 0 bridgehead atoms. The number of thiophene rings is 1. The van der Waals surface area contributed by atoms with Crippen LogP contribution in [0.3, 0.4) is 0 Å². The number of hydrogen-bond acceptors (Lipinski definition) is 3. The Morgan fingerprint density at radius 1 is 1.37 bits per heavy atom. The molecule has 0 spiro atoms. The Labute approximate surface area is 124 Å². The summed E-state index contributed by atoms with van der Waals surface area (Å²) < 4.78 is 20.2. The summed E-state index contributed by atoms with van der Waals surface area (Å²) in [5.41, 5.74) is 0.656. The molecule has 1 aromatic carbocycles. The molecule has 19 heavy (non-hydrogen) atoms. The van der Waals surface area contributed by atoms with E-state index in [1.54, 1.807) is 23.5 Å². The summed E-state index contributed by atoms with van der Waals surface area (Å²) in [5.74, 6) is 0.0144. The minimum atomic E-state index is -0.277. The zero-order chi connectivity index (χ0) is 13.8. The number of likely N-dealkylation sites (N-methyl/N-ethyl adjacent to an activating group) is 1. The van der Waals surface area contributed by atoms with E-state index in [0.29, 0.717) is 17.7 Å². The van der Waals surface area contributed by atoms with Gasteiger partial charge in [0.15, 0.2) is 11.6 Å². The van der Waals surface area contributed by atoms with Crippen molar-refractivity contribution >= 4 is 27.3 Å². The highest BCUT2D eigenvalue weighted by atomic mass is 79.9. The van der Waals surface area contributed by atoms with E-state index in [2.05, 4.69) is 21.2 Å². The molecule has 5 heteroatoms. The number of benzene rings is 1. The van der Waals surface area contributed by atoms with Gasteiger partial charge in [-0.25, -0.2) is 4.39 Å². The zero-order valence-electron chi connectivity index (χ0n) is 10.7. The Hall–Kier alpha value is -0.910. The minimum Gasteiger partial charge on any atom is -0.494 e. The molecule has 0 aliphatic rings. The van der Waals surface area contributed by atoms with Crippen LogP contribution in [-0.2, 0) is 6.42 Å². The number of halogens is 2. The van der Waals surface area contributed by atoms with Crippen molar-refractivity contribution in [2.24, 2.45) is 0 Å². The average molecular weight is 344 g/mol. The fourth-order valence-corrected chi connectivity index (χ4v) is 3.49. The van der Waals surface area contributed by atoms with E-state index in [1.165, 1.54) is 12.0 Å². The van der Waals surface area contributed by atoms with Gasteiger partial charge in [-0.2, -0.15) is 0 Å². The smallest absolute Gasteiger partial charge is 0.168 e. The normalized spacial score (nSPS) is 12.4. The Morgan fingerprint density at radius 3 is 2.74 bits per heavy atom. The van der Waals surface area contributed by atoms with E-state index in [1.807, 2.05) is 25.2 Å². The second-order valence-electron chi connectivity index (χ2n) is 4.12. The van der Waals surface area contributed by atoms with Crippen LogP contribution >= 0.6 is 27.3 Å². The number of rotatable bonds is 5. The molecule has 0 radical (unpaired) electrons. The molecule has 0 fully saturated rings. The van der Waals surface area contributed by atoms with Crippen molar-refractivity contribution < 1.29 is 9.13 Å². The highest BCUT2D eigenvalue weighted by molar-refractivity contribution is 9.11. The van der Waals surface area contributed by atoms with E-state index < -0.39 is 0 Å². The molecule has 2 rings (SSSR count). The number of nitrogens with one attached hydrogen (secondary N) is 1. The maximum atomic E-state index is 14.1. The van der Waals surface area contributed by atoms with Crippen LogP contribution in [0.25, 0.3) is 0 Å². The zero-order valence-corrected chi connectivity index (χ0v) is 13.1. The van der Waals surface area contributed by atoms with Crippen LogP contribution in [0.4, 0.5) is 4.39 Å². The van der Waals surface area contributed by atoms with Gasteiger partial charge in [0.1, 0.15) is 0 Å². The number of ether oxygens (including phenoxy) is 1. The number of methoxy groups -OCH3 is 1. The van der Waals surface area contributed by atoms with E-state index in [0.717, 1.165) is 3.79 Å². The molecule has 1 N–H and O–H groups in total. The van der Waals surface area contributed by atoms with Gasteiger partial charge in [-0.1, -0.05) is 12.1 Å². The standard InChI is InChI=1S/C14H15BrFNOS/c1-17-10(12-6-7-13(15)19-12)8-9-4-3-5-11(18-2)14(9)16/h3-7,10,17H,8H2,1-2H3. The molecule has 0 aliphatic carbocycles. The largest absolute Gasteiger partial charge is 0.494 e. The van der Waals surface area contributed by atoms with Gasteiger partial charge in [0.25, 0.3) is 0 Å². The van der Waals surface area contributed by atoms with Gasteiger partial charge in [0.05, 0.1) is 10.9 Å². The monoisotopic (exact) mass is 343 g/mol. The predicted octanol–water partition coefficient (Wildman–Crippen LogP) is 4.16. The van der Waals surface area contributed by atoms with E-state index >= 15 is 0 Å². The Kier molecular flexibility index (Phi) is 4.96. The van der Waals surface area contributed by atoms with Crippen LogP contribution in [0.2, 0.25) is 0 Å². The maximum Gasteiger partial charge on any atom is 0.168 e. The summed E-state index contributed by atoms with van der Waals surface area (Å²) in [5, 5.41) is 3.23. The first kappa shape index (κ1) is 14.5. The van der Waals surface area contributed by atoms with Gasteiger partial charge in [0.2, 0.25) is 0 Å². The molecule has 1 atom stereocenters. The van der Waals surface area contributed by atoms with Crippen LogP contribution in [0.15, 0.2) is 34.1 Å². The van der Waals surface area contributed by atoms with Gasteiger partial charge >= 0.3 is 0 Å². The first-order chi connectivity index (χ1) is 9.15. The van der Waals surface area contributed by atoms with Gasteiger partial charge < -0.3 is 10.1 Å². The van der Waals surface area contributed by atoms with Crippen molar-refractivity contribution in [3.05, 3.63) is 50.4 Å². The van der Waals surface area contributed by atoms with Crippen molar-refractivity contribution in [3.8, 4) is 5.75 Å². The van der Waals surface area contributed by atoms with Crippen molar-refractivity contribution in [1.82, 2.24) is 5.32 Å². The van der Waals surface area contributed by atoms with Crippen LogP contribution < -0.4 is 10.1 Å². The predicted molar refractivity (Wildman–Crippen MR) is 80.5 cm³/mol. The highest BCUT2D eigenvalue weighted by Gasteiger charge is 2.16. The molecule has 0 aliphatic heterocycles. The lowest BCUT2D eigenvalue weighted by molar-refractivity contribution is 0.383. The molecule has 1 heterocycles. The van der Waals surface area contributed by atoms with Gasteiger partial charge in [-0.15, -0.1) is 11.3 Å². The molecule has 0 amide bonds. The van der Waals surface area contributed by atoms with Crippen molar-refractivity contribution in [1.29, 1.82) is 0 Å². The molecule has 0 saturated carbocycles. The summed E-state index contributed by atoms with van der Waals surface area (Å²) in [4.78, 5) is 1.18. The van der Waals surface area contributed by atoms with E-state index in [9.17, 15) is 4.39 Å². The Bertz CT molecular complexity index is 558. The van der Waals surface area contributed by atoms with Gasteiger partial charge in [-0.05, 0) is 53.2 Å². The average Bonchev–Trinajstić information content (AvgIpc) is 2.84. The fraction of sp³-hybridized carbons (Fsp3) is 0.286. The Morgan fingerprint density at radius 2 is 2.16 bits per heavy atom. The van der Waals surface area contributed by atoms with Crippen LogP contribution in [0, 0.1) is 5.82 Å². The lowest BCUT2D eigenvalue weighted by atomic mass is 10.0. The third kappa shape index (κ3) is 3.35. The molecule has 1 unspecified atom stereocenters. The fourth-order valence-electron chi connectivity index (χ4n) is 1.95. The summed E-state index contributed by atoms with van der Waals surface area (Å²) in [6.45, 7) is 0. The third-order valence-corrected chi connectivity index (χ3v) is 4.71. The molecule has 102 valence electrons. The van der Waals surface area contributed by atoms with Crippen LogP contribution in [0.1, 0.15) is 16.5 Å². The van der Waals surface area contributed by atoms with E-state index in [-0.39, 0.29) is 11.9 Å². The van der Waals surface area contributed by atoms with Crippen molar-refractivity contribution in [2.45, 2.75) is 12.5 Å². The molecule has 1 aromatic heterocycles. The van der Waals surface area contributed by atoms with Crippen molar-refractivity contribution in [2.75, 3.05) is 14.2 Å². The van der Waals surface area contributed by atoms with Gasteiger partial charge in [0, 0.05) is 10.9 Å². The van der Waals surface area contributed by atoms with Crippen LogP contribution in [-0.4, -0.2) is 14.2 Å². The summed E-state index contributed by atoms with van der Waals surface area (Å²) >= 11 is 5.10. The first-order valence-corrected chi connectivity index (χ1v) is 7.50. The summed E-state index contributed by atoms with van der Waals surface area (Å²) in [6, 6.07) is 9.40. The van der Waals surface area contributed by atoms with Crippen LogP contribution in [0.5, 0.6) is 5.75 Å². The minimum absolute atomic E-state index is 0.0953. The second kappa shape index (κ2) is 6.50. The lowest BCUT2D eigenvalue weighted by Crippen LogP contribution is -2.18. The Balaban J connectivity index is 2.23. The quantitative estimate of drug-likeness (QED) is 0.879. The summed E-state index contributed by atoms with van der Waals surface area (Å²) in [7, 11) is 3.37. The molecular formula is C14H15BrFNOS. The summed E-state index contributed by atoms with van der Waals surface area (Å²) in [6.07, 6.45) is 0.590. The highest BCUT2D eigenvalue weighted by Crippen LogP contribution is 2.30. The molecule has 2 aromatic rings. The van der Waals surface area contributed by atoms with Crippen molar-refractivity contribution in [3.63, 3.8) is 0 Å². The van der Waals surface area contributed by atoms with E-state index in [4.69, 9.17) is 4.74 Å². The van der Waals surface area contributed by atoms with Gasteiger partial charge in [-0.3, -0.25) is 0 Å². The maximum absolute atomic E-state index is 14.1. The molecule has 2 nitrogen and oxygen atoms in total. The first-order valence-electron chi connectivity index (χ1n) is 5.89. The SMILES string of the molecule is CNC(Cc1cccc(OC)c1F)c1ccc(Br)s1. The number of hydrogen-bond donors (Lipinski definition) is 1. The third-order valence-electron chi connectivity index (χ3n) is 2.97. The topological polar surface area (TPSA) is 21.3 Å². The molecular weight excluding hydrogens is 329 g/mol. The second-order valence-corrected chi connectivity index (χ2v) is 6.62.